The van der Waals surface area contributed by atoms with Crippen molar-refractivity contribution in [3.05, 3.63) is 65.5 Å². The highest BCUT2D eigenvalue weighted by molar-refractivity contribution is 7.99. The van der Waals surface area contributed by atoms with Gasteiger partial charge in [-0.05, 0) is 35.7 Å². The fourth-order valence-corrected chi connectivity index (χ4v) is 4.05. The molecule has 126 valence electrons. The van der Waals surface area contributed by atoms with Crippen molar-refractivity contribution in [2.24, 2.45) is 11.7 Å². The molecule has 0 saturated carbocycles. The maximum atomic E-state index is 13.6. The molecule has 3 nitrogen and oxygen atoms in total. The molecule has 3 atom stereocenters. The van der Waals surface area contributed by atoms with E-state index in [0.717, 1.165) is 28.2 Å². The van der Waals surface area contributed by atoms with Crippen LogP contribution in [0, 0.1) is 11.7 Å². The zero-order valence-electron chi connectivity index (χ0n) is 13.5. The van der Waals surface area contributed by atoms with Crippen LogP contribution in [-0.2, 0) is 4.79 Å². The van der Waals surface area contributed by atoms with Gasteiger partial charge in [0.15, 0.2) is 0 Å². The van der Waals surface area contributed by atoms with Gasteiger partial charge in [0, 0.05) is 16.7 Å². The summed E-state index contributed by atoms with van der Waals surface area (Å²) in [5, 5.41) is 3.05. The standard InChI is InChI=1S/C19H21FN2OS/c1-12(18(21)13-5-3-2-4-6-13)19(23)22-16-9-10-24-17-8-7-14(20)11-15(16)17/h2-8,11-12,16,18H,9-10,21H2,1H3,(H,22,23). The summed E-state index contributed by atoms with van der Waals surface area (Å²) in [6.07, 6.45) is 0.792. The van der Waals surface area contributed by atoms with E-state index in [1.54, 1.807) is 17.8 Å². The Morgan fingerprint density at radius 3 is 2.79 bits per heavy atom. The van der Waals surface area contributed by atoms with E-state index in [1.165, 1.54) is 12.1 Å². The number of hydrogen-bond acceptors (Lipinski definition) is 3. The van der Waals surface area contributed by atoms with E-state index in [0.29, 0.717) is 0 Å². The second-order valence-corrected chi connectivity index (χ2v) is 7.24. The molecule has 1 heterocycles. The molecule has 3 N–H and O–H groups in total. The van der Waals surface area contributed by atoms with Crippen LogP contribution in [0.25, 0.3) is 0 Å². The van der Waals surface area contributed by atoms with Crippen molar-refractivity contribution in [2.45, 2.75) is 30.3 Å². The van der Waals surface area contributed by atoms with Crippen molar-refractivity contribution >= 4 is 17.7 Å². The fourth-order valence-electron chi connectivity index (χ4n) is 2.95. The molecule has 1 amide bonds. The molecule has 0 aliphatic carbocycles. The molecule has 1 aliphatic rings. The molecule has 0 bridgehead atoms. The van der Waals surface area contributed by atoms with Crippen molar-refractivity contribution in [1.29, 1.82) is 0 Å². The third-order valence-corrected chi connectivity index (χ3v) is 5.59. The van der Waals surface area contributed by atoms with Crippen LogP contribution in [0.5, 0.6) is 0 Å². The first kappa shape index (κ1) is 17.0. The minimum atomic E-state index is -0.365. The van der Waals surface area contributed by atoms with Crippen LogP contribution < -0.4 is 11.1 Å². The van der Waals surface area contributed by atoms with Gasteiger partial charge in [0.1, 0.15) is 5.82 Å². The molecule has 24 heavy (non-hydrogen) atoms. The molecule has 1 aliphatic heterocycles. The molecule has 0 saturated heterocycles. The number of carbonyl (C=O) groups excluding carboxylic acids is 1. The van der Waals surface area contributed by atoms with Gasteiger partial charge >= 0.3 is 0 Å². The normalized spacial score (nSPS) is 19.2. The minimum Gasteiger partial charge on any atom is -0.349 e. The largest absolute Gasteiger partial charge is 0.349 e. The number of nitrogens with two attached hydrogens (primary N) is 1. The summed E-state index contributed by atoms with van der Waals surface area (Å²) in [6, 6.07) is 13.9. The Kier molecular flexibility index (Phi) is 5.21. The highest BCUT2D eigenvalue weighted by Gasteiger charge is 2.27. The summed E-state index contributed by atoms with van der Waals surface area (Å²) < 4.78 is 13.6. The summed E-state index contributed by atoms with van der Waals surface area (Å²) in [4.78, 5) is 13.7. The highest BCUT2D eigenvalue weighted by Crippen LogP contribution is 2.36. The van der Waals surface area contributed by atoms with Crippen LogP contribution in [-0.4, -0.2) is 11.7 Å². The number of thioether (sulfide) groups is 1. The molecule has 5 heteroatoms. The van der Waals surface area contributed by atoms with Gasteiger partial charge in [-0.15, -0.1) is 11.8 Å². The predicted octanol–water partition coefficient (Wildman–Crippen LogP) is 3.81. The van der Waals surface area contributed by atoms with Crippen LogP contribution in [0.4, 0.5) is 4.39 Å². The topological polar surface area (TPSA) is 55.1 Å². The van der Waals surface area contributed by atoms with E-state index in [-0.39, 0.29) is 29.7 Å². The Hall–Kier alpha value is -1.85. The second kappa shape index (κ2) is 7.36. The molecular weight excluding hydrogens is 323 g/mol. The first-order valence-electron chi connectivity index (χ1n) is 8.09. The van der Waals surface area contributed by atoms with Gasteiger partial charge in [-0.1, -0.05) is 37.3 Å². The molecule has 0 fully saturated rings. The molecule has 2 aromatic carbocycles. The van der Waals surface area contributed by atoms with E-state index >= 15 is 0 Å². The van der Waals surface area contributed by atoms with Crippen LogP contribution in [0.3, 0.4) is 0 Å². The van der Waals surface area contributed by atoms with Gasteiger partial charge in [-0.3, -0.25) is 4.79 Å². The smallest absolute Gasteiger partial charge is 0.225 e. The average molecular weight is 344 g/mol. The number of amides is 1. The number of benzene rings is 2. The monoisotopic (exact) mass is 344 g/mol. The molecule has 2 aromatic rings. The Labute approximate surface area is 145 Å². The van der Waals surface area contributed by atoms with E-state index in [9.17, 15) is 9.18 Å². The number of hydrogen-bond donors (Lipinski definition) is 2. The molecule has 3 unspecified atom stereocenters. The average Bonchev–Trinajstić information content (AvgIpc) is 2.61. The van der Waals surface area contributed by atoms with Crippen LogP contribution >= 0.6 is 11.8 Å². The molecule has 0 radical (unpaired) electrons. The number of fused-ring (bicyclic) bond motifs is 1. The van der Waals surface area contributed by atoms with Crippen molar-refractivity contribution in [1.82, 2.24) is 5.32 Å². The number of nitrogens with one attached hydrogen (secondary N) is 1. The van der Waals surface area contributed by atoms with Crippen molar-refractivity contribution in [3.8, 4) is 0 Å². The Bertz CT molecular complexity index is 723. The Morgan fingerprint density at radius 2 is 2.04 bits per heavy atom. The quantitative estimate of drug-likeness (QED) is 0.887. The van der Waals surface area contributed by atoms with E-state index in [1.807, 2.05) is 37.3 Å². The number of carbonyl (C=O) groups is 1. The van der Waals surface area contributed by atoms with Crippen LogP contribution in [0.2, 0.25) is 0 Å². The van der Waals surface area contributed by atoms with Gasteiger partial charge in [-0.25, -0.2) is 4.39 Å². The van der Waals surface area contributed by atoms with Gasteiger partial charge in [-0.2, -0.15) is 0 Å². The minimum absolute atomic E-state index is 0.0986. The first-order chi connectivity index (χ1) is 11.6. The first-order valence-corrected chi connectivity index (χ1v) is 9.08. The van der Waals surface area contributed by atoms with E-state index in [4.69, 9.17) is 5.73 Å². The SMILES string of the molecule is CC(C(=O)NC1CCSc2ccc(F)cc21)C(N)c1ccccc1. The lowest BCUT2D eigenvalue weighted by Crippen LogP contribution is -2.38. The molecule has 0 spiro atoms. The zero-order valence-corrected chi connectivity index (χ0v) is 14.4. The Morgan fingerprint density at radius 1 is 1.29 bits per heavy atom. The molecule has 3 rings (SSSR count). The number of halogens is 1. The summed E-state index contributed by atoms with van der Waals surface area (Å²) in [5.74, 6) is 0.171. The van der Waals surface area contributed by atoms with Crippen LogP contribution in [0.1, 0.15) is 36.6 Å². The predicted molar refractivity (Wildman–Crippen MR) is 95.2 cm³/mol. The van der Waals surface area contributed by atoms with Crippen molar-refractivity contribution in [2.75, 3.05) is 5.75 Å². The Balaban J connectivity index is 1.73. The summed E-state index contributed by atoms with van der Waals surface area (Å²) in [5.41, 5.74) is 8.04. The highest BCUT2D eigenvalue weighted by atomic mass is 32.2. The summed E-state index contributed by atoms with van der Waals surface area (Å²) >= 11 is 1.70. The molecular formula is C19H21FN2OS. The third-order valence-electron chi connectivity index (χ3n) is 4.46. The second-order valence-electron chi connectivity index (χ2n) is 6.11. The van der Waals surface area contributed by atoms with Crippen molar-refractivity contribution < 1.29 is 9.18 Å². The lowest BCUT2D eigenvalue weighted by Gasteiger charge is -2.28. The summed E-state index contributed by atoms with van der Waals surface area (Å²) in [7, 11) is 0. The zero-order chi connectivity index (χ0) is 17.1. The maximum Gasteiger partial charge on any atom is 0.225 e. The number of rotatable bonds is 4. The lowest BCUT2D eigenvalue weighted by atomic mass is 9.93. The van der Waals surface area contributed by atoms with Gasteiger partial charge < -0.3 is 11.1 Å². The van der Waals surface area contributed by atoms with Gasteiger partial charge in [0.2, 0.25) is 5.91 Å². The lowest BCUT2D eigenvalue weighted by molar-refractivity contribution is -0.126. The molecule has 0 aromatic heterocycles. The van der Waals surface area contributed by atoms with Crippen molar-refractivity contribution in [3.63, 3.8) is 0 Å². The fraction of sp³-hybridized carbons (Fsp3) is 0.316. The van der Waals surface area contributed by atoms with Crippen LogP contribution in [0.15, 0.2) is 53.4 Å². The summed E-state index contributed by atoms with van der Waals surface area (Å²) in [6.45, 7) is 1.83. The third kappa shape index (κ3) is 3.62. The maximum absolute atomic E-state index is 13.6. The van der Waals surface area contributed by atoms with E-state index < -0.39 is 0 Å². The van der Waals surface area contributed by atoms with Gasteiger partial charge in [0.25, 0.3) is 0 Å². The van der Waals surface area contributed by atoms with Gasteiger partial charge in [0.05, 0.1) is 12.0 Å². The van der Waals surface area contributed by atoms with E-state index in [2.05, 4.69) is 5.32 Å².